The van der Waals surface area contributed by atoms with E-state index in [9.17, 15) is 9.59 Å². The van der Waals surface area contributed by atoms with E-state index in [1.165, 1.54) is 0 Å². The summed E-state index contributed by atoms with van der Waals surface area (Å²) >= 11 is 0. The number of piperidine rings is 3. The van der Waals surface area contributed by atoms with E-state index in [2.05, 4.69) is 9.88 Å². The summed E-state index contributed by atoms with van der Waals surface area (Å²) in [7, 11) is 1.64. The van der Waals surface area contributed by atoms with E-state index in [0.29, 0.717) is 35.9 Å². The number of nitrogens with zero attached hydrogens (tertiary/aromatic N) is 2. The highest BCUT2D eigenvalue weighted by Gasteiger charge is 2.44. The average Bonchev–Trinajstić information content (AvgIpc) is 3.11. The molecule has 3 fully saturated rings. The molecule has 1 aromatic heterocycles. The van der Waals surface area contributed by atoms with Gasteiger partial charge in [-0.05, 0) is 49.3 Å². The van der Waals surface area contributed by atoms with Crippen molar-refractivity contribution >= 4 is 22.7 Å². The number of H-pyrrole nitrogens is 1. The molecule has 27 heavy (non-hydrogen) atoms. The first-order valence-electron chi connectivity index (χ1n) is 9.88. The number of likely N-dealkylation sites (tertiary alicyclic amines) is 1. The Morgan fingerprint density at radius 2 is 2.11 bits per heavy atom. The lowest BCUT2D eigenvalue weighted by atomic mass is 9.76. The van der Waals surface area contributed by atoms with Crippen molar-refractivity contribution < 1.29 is 14.3 Å². The second-order valence-electron chi connectivity index (χ2n) is 8.21. The van der Waals surface area contributed by atoms with Crippen LogP contribution in [0, 0.1) is 11.8 Å². The molecule has 5 rings (SSSR count). The van der Waals surface area contributed by atoms with Crippen molar-refractivity contribution in [1.82, 2.24) is 14.8 Å². The van der Waals surface area contributed by atoms with Gasteiger partial charge in [0.05, 0.1) is 7.11 Å². The standard InChI is InChI=1S/C21H25N3O3/c1-27-16-6-5-14-8-18(22-17(14)9-16)21(26)23-10-13-7-15(12-23)19-3-2-4-20(25)24(19)11-13/h5-6,8-9,13,15,19,22H,2-4,7,10-12H2,1H3/t13-,15-,19-/m1/s1. The van der Waals surface area contributed by atoms with E-state index in [0.717, 1.165) is 55.5 Å². The van der Waals surface area contributed by atoms with Crippen LogP contribution in [-0.2, 0) is 4.79 Å². The minimum absolute atomic E-state index is 0.0652. The Balaban J connectivity index is 1.38. The Hall–Kier alpha value is -2.50. The van der Waals surface area contributed by atoms with Crippen LogP contribution in [0.1, 0.15) is 36.2 Å². The lowest BCUT2D eigenvalue weighted by molar-refractivity contribution is -0.144. The number of carbonyl (C=O) groups is 2. The van der Waals surface area contributed by atoms with Crippen molar-refractivity contribution in [3.8, 4) is 5.75 Å². The molecule has 3 saturated heterocycles. The molecule has 3 aliphatic rings. The first-order valence-corrected chi connectivity index (χ1v) is 9.88. The van der Waals surface area contributed by atoms with Crippen molar-refractivity contribution in [2.75, 3.05) is 26.7 Å². The fraction of sp³-hybridized carbons (Fsp3) is 0.524. The van der Waals surface area contributed by atoms with Gasteiger partial charge in [0.15, 0.2) is 0 Å². The molecule has 0 saturated carbocycles. The largest absolute Gasteiger partial charge is 0.497 e. The molecule has 0 spiro atoms. The van der Waals surface area contributed by atoms with Gasteiger partial charge in [-0.15, -0.1) is 0 Å². The van der Waals surface area contributed by atoms with Gasteiger partial charge in [-0.2, -0.15) is 0 Å². The molecule has 1 aromatic carbocycles. The van der Waals surface area contributed by atoms with Crippen molar-refractivity contribution in [1.29, 1.82) is 0 Å². The van der Waals surface area contributed by atoms with Crippen molar-refractivity contribution in [3.63, 3.8) is 0 Å². The Kier molecular flexibility index (Phi) is 3.88. The summed E-state index contributed by atoms with van der Waals surface area (Å²) in [5, 5.41) is 1.01. The maximum atomic E-state index is 13.2. The highest BCUT2D eigenvalue weighted by atomic mass is 16.5. The number of fused-ring (bicyclic) bond motifs is 5. The topological polar surface area (TPSA) is 65.6 Å². The summed E-state index contributed by atoms with van der Waals surface area (Å²) in [6, 6.07) is 8.05. The second-order valence-corrected chi connectivity index (χ2v) is 8.21. The molecule has 2 aromatic rings. The van der Waals surface area contributed by atoms with Crippen LogP contribution in [0.25, 0.3) is 10.9 Å². The number of benzene rings is 1. The maximum absolute atomic E-state index is 13.2. The number of hydrogen-bond donors (Lipinski definition) is 1. The fourth-order valence-electron chi connectivity index (χ4n) is 5.29. The summed E-state index contributed by atoms with van der Waals surface area (Å²) in [6.07, 6.45) is 3.90. The van der Waals surface area contributed by atoms with Crippen LogP contribution in [0.5, 0.6) is 5.75 Å². The minimum Gasteiger partial charge on any atom is -0.497 e. The molecule has 3 aliphatic heterocycles. The molecule has 0 unspecified atom stereocenters. The molecule has 1 N–H and O–H groups in total. The zero-order valence-corrected chi connectivity index (χ0v) is 15.6. The minimum atomic E-state index is 0.0652. The Labute approximate surface area is 158 Å². The highest BCUT2D eigenvalue weighted by molar-refractivity contribution is 5.98. The van der Waals surface area contributed by atoms with E-state index >= 15 is 0 Å². The smallest absolute Gasteiger partial charge is 0.270 e. The first-order chi connectivity index (χ1) is 13.1. The molecular formula is C21H25N3O3. The summed E-state index contributed by atoms with van der Waals surface area (Å²) in [4.78, 5) is 32.8. The zero-order valence-electron chi connectivity index (χ0n) is 15.6. The monoisotopic (exact) mass is 367 g/mol. The lowest BCUT2D eigenvalue weighted by Gasteiger charge is -2.52. The quantitative estimate of drug-likeness (QED) is 0.887. The molecule has 4 heterocycles. The first kappa shape index (κ1) is 16.7. The summed E-state index contributed by atoms with van der Waals surface area (Å²) in [5.74, 6) is 1.96. The van der Waals surface area contributed by atoms with Crippen LogP contribution in [-0.4, -0.2) is 59.4 Å². The number of amides is 2. The van der Waals surface area contributed by atoms with Crippen LogP contribution >= 0.6 is 0 Å². The van der Waals surface area contributed by atoms with E-state index in [4.69, 9.17) is 4.74 Å². The zero-order chi connectivity index (χ0) is 18.5. The predicted octanol–water partition coefficient (Wildman–Crippen LogP) is 2.65. The highest BCUT2D eigenvalue weighted by Crippen LogP contribution is 2.38. The second kappa shape index (κ2) is 6.29. The van der Waals surface area contributed by atoms with E-state index < -0.39 is 0 Å². The van der Waals surface area contributed by atoms with Gasteiger partial charge in [-0.3, -0.25) is 9.59 Å². The van der Waals surface area contributed by atoms with Gasteiger partial charge in [0, 0.05) is 49.1 Å². The fourth-order valence-corrected chi connectivity index (χ4v) is 5.29. The Morgan fingerprint density at radius 1 is 1.22 bits per heavy atom. The van der Waals surface area contributed by atoms with Crippen LogP contribution in [0.3, 0.4) is 0 Å². The molecule has 0 radical (unpaired) electrons. The number of methoxy groups -OCH3 is 1. The van der Waals surface area contributed by atoms with Gasteiger partial charge in [-0.1, -0.05) is 0 Å². The molecule has 0 aliphatic carbocycles. The molecule has 3 atom stereocenters. The number of carbonyl (C=O) groups excluding carboxylic acids is 2. The van der Waals surface area contributed by atoms with Crippen molar-refractivity contribution in [2.45, 2.75) is 31.7 Å². The number of rotatable bonds is 2. The molecule has 6 nitrogen and oxygen atoms in total. The number of nitrogens with one attached hydrogen (secondary N) is 1. The van der Waals surface area contributed by atoms with E-state index in [1.807, 2.05) is 29.2 Å². The van der Waals surface area contributed by atoms with Crippen LogP contribution in [0.4, 0.5) is 0 Å². The SMILES string of the molecule is COc1ccc2cc(C(=O)N3C[C@H]4C[C@H](C3)[C@H]3CCCC(=O)N3C4)[nH]c2c1. The summed E-state index contributed by atoms with van der Waals surface area (Å²) in [6.45, 7) is 2.31. The van der Waals surface area contributed by atoms with Gasteiger partial charge >= 0.3 is 0 Å². The molecular weight excluding hydrogens is 342 g/mol. The van der Waals surface area contributed by atoms with Gasteiger partial charge < -0.3 is 19.5 Å². The third-order valence-corrected chi connectivity index (χ3v) is 6.53. The number of aromatic nitrogens is 1. The van der Waals surface area contributed by atoms with Gasteiger partial charge in [-0.25, -0.2) is 0 Å². The molecule has 142 valence electrons. The normalized spacial score (nSPS) is 27.6. The number of hydrogen-bond acceptors (Lipinski definition) is 3. The van der Waals surface area contributed by atoms with E-state index in [-0.39, 0.29) is 5.91 Å². The third-order valence-electron chi connectivity index (χ3n) is 6.53. The van der Waals surface area contributed by atoms with Gasteiger partial charge in [0.1, 0.15) is 11.4 Å². The molecule has 2 bridgehead atoms. The van der Waals surface area contributed by atoms with Crippen LogP contribution in [0.2, 0.25) is 0 Å². The van der Waals surface area contributed by atoms with Gasteiger partial charge in [0.25, 0.3) is 5.91 Å². The Bertz CT molecular complexity index is 905. The maximum Gasteiger partial charge on any atom is 0.270 e. The van der Waals surface area contributed by atoms with Crippen molar-refractivity contribution in [2.24, 2.45) is 11.8 Å². The number of aromatic amines is 1. The lowest BCUT2D eigenvalue weighted by Crippen LogP contribution is -2.61. The third kappa shape index (κ3) is 2.78. The van der Waals surface area contributed by atoms with Crippen LogP contribution < -0.4 is 4.74 Å². The summed E-state index contributed by atoms with van der Waals surface area (Å²) < 4.78 is 5.27. The average molecular weight is 367 g/mol. The predicted molar refractivity (Wildman–Crippen MR) is 102 cm³/mol. The van der Waals surface area contributed by atoms with Crippen molar-refractivity contribution in [3.05, 3.63) is 30.0 Å². The molecule has 2 amide bonds. The van der Waals surface area contributed by atoms with Crippen LogP contribution in [0.15, 0.2) is 24.3 Å². The van der Waals surface area contributed by atoms with Gasteiger partial charge in [0.2, 0.25) is 5.91 Å². The molecule has 6 heteroatoms. The number of ether oxygens (including phenoxy) is 1. The Morgan fingerprint density at radius 3 is 2.96 bits per heavy atom. The summed E-state index contributed by atoms with van der Waals surface area (Å²) in [5.41, 5.74) is 1.55. The van der Waals surface area contributed by atoms with E-state index in [1.54, 1.807) is 7.11 Å².